The maximum absolute atomic E-state index is 12.4. The third-order valence-electron chi connectivity index (χ3n) is 8.62. The van der Waals surface area contributed by atoms with Gasteiger partial charge < -0.3 is 14.9 Å². The zero-order valence-electron chi connectivity index (χ0n) is 14.5. The van der Waals surface area contributed by atoms with Crippen LogP contribution in [0.2, 0.25) is 0 Å². The third kappa shape index (κ3) is 1.63. The van der Waals surface area contributed by atoms with Crippen LogP contribution in [0.1, 0.15) is 38.5 Å². The minimum absolute atomic E-state index is 0.0144. The molecule has 3 saturated carbocycles. The van der Waals surface area contributed by atoms with Crippen LogP contribution in [-0.4, -0.2) is 63.4 Å². The number of nitrogens with zero attached hydrogens (tertiary/aromatic N) is 1. The average molecular weight is 345 g/mol. The Hall–Kier alpha value is -0.750. The molecule has 2 saturated heterocycles. The number of piperidine rings is 1. The van der Waals surface area contributed by atoms with Gasteiger partial charge in [-0.3, -0.25) is 9.69 Å². The first-order chi connectivity index (χ1) is 12.0. The molecule has 5 fully saturated rings. The number of hydrogen-bond acceptors (Lipinski definition) is 5. The fourth-order valence-electron chi connectivity index (χ4n) is 7.34. The van der Waals surface area contributed by atoms with E-state index in [-0.39, 0.29) is 35.8 Å². The highest BCUT2D eigenvalue weighted by atomic mass is 16.5. The zero-order chi connectivity index (χ0) is 17.0. The van der Waals surface area contributed by atoms with Crippen molar-refractivity contribution >= 4 is 5.78 Å². The number of hydrogen-bond donors (Lipinski definition) is 2. The molecule has 0 radical (unpaired) electrons. The molecule has 0 aromatic heterocycles. The maximum atomic E-state index is 12.4. The van der Waals surface area contributed by atoms with E-state index >= 15 is 0 Å². The van der Waals surface area contributed by atoms with Crippen LogP contribution in [0.3, 0.4) is 0 Å². The van der Waals surface area contributed by atoms with Crippen LogP contribution in [0.4, 0.5) is 0 Å². The number of ether oxygens (including phenoxy) is 1. The number of carbonyl (C=O) groups is 1. The van der Waals surface area contributed by atoms with E-state index in [0.717, 1.165) is 25.3 Å². The van der Waals surface area contributed by atoms with Crippen LogP contribution < -0.4 is 0 Å². The number of likely N-dealkylation sites (tertiary alicyclic amines) is 1. The lowest BCUT2D eigenvalue weighted by atomic mass is 9.36. The minimum atomic E-state index is -0.726. The van der Waals surface area contributed by atoms with Crippen molar-refractivity contribution < 1.29 is 19.7 Å². The summed E-state index contributed by atoms with van der Waals surface area (Å²) in [7, 11) is 0. The molecule has 8 unspecified atom stereocenters. The highest BCUT2D eigenvalue weighted by Gasteiger charge is 2.83. The Morgan fingerprint density at radius 3 is 2.92 bits per heavy atom. The summed E-state index contributed by atoms with van der Waals surface area (Å²) in [6.07, 6.45) is 9.01. The molecule has 5 heteroatoms. The van der Waals surface area contributed by atoms with Gasteiger partial charge in [0.2, 0.25) is 0 Å². The van der Waals surface area contributed by atoms with Crippen LogP contribution in [-0.2, 0) is 9.53 Å². The summed E-state index contributed by atoms with van der Waals surface area (Å²) in [6.45, 7) is 1.27. The van der Waals surface area contributed by atoms with Gasteiger partial charge in [-0.1, -0.05) is 12.5 Å². The van der Waals surface area contributed by atoms with E-state index in [2.05, 4.69) is 11.0 Å². The van der Waals surface area contributed by atoms with Crippen molar-refractivity contribution in [3.05, 3.63) is 12.2 Å². The molecule has 1 spiro atoms. The van der Waals surface area contributed by atoms with Crippen LogP contribution in [0, 0.1) is 23.7 Å². The topological polar surface area (TPSA) is 70.0 Å². The summed E-state index contributed by atoms with van der Waals surface area (Å²) in [4.78, 5) is 15.0. The van der Waals surface area contributed by atoms with E-state index in [1.54, 1.807) is 6.08 Å². The summed E-state index contributed by atoms with van der Waals surface area (Å²) in [5.41, 5.74) is -0.999. The van der Waals surface area contributed by atoms with Gasteiger partial charge >= 0.3 is 0 Å². The predicted molar refractivity (Wildman–Crippen MR) is 89.7 cm³/mol. The lowest BCUT2D eigenvalue weighted by Crippen LogP contribution is -2.96. The second kappa shape index (κ2) is 4.75. The van der Waals surface area contributed by atoms with Gasteiger partial charge in [0.15, 0.2) is 5.78 Å². The molecule has 4 aliphatic carbocycles. The first-order valence-electron chi connectivity index (χ1n) is 10.1. The monoisotopic (exact) mass is 345 g/mol. The van der Waals surface area contributed by atoms with Crippen molar-refractivity contribution in [2.45, 2.75) is 67.9 Å². The van der Waals surface area contributed by atoms with Gasteiger partial charge in [-0.15, -0.1) is 0 Å². The van der Waals surface area contributed by atoms with Gasteiger partial charge in [0.25, 0.3) is 0 Å². The summed E-state index contributed by atoms with van der Waals surface area (Å²) in [5.74, 6) is 1.31. The van der Waals surface area contributed by atoms with Crippen molar-refractivity contribution in [2.75, 3.05) is 13.2 Å². The number of ketones is 1. The van der Waals surface area contributed by atoms with Crippen LogP contribution >= 0.6 is 0 Å². The highest BCUT2D eigenvalue weighted by molar-refractivity contribution is 5.95. The molecule has 2 bridgehead atoms. The first kappa shape index (κ1) is 15.3. The Labute approximate surface area is 148 Å². The summed E-state index contributed by atoms with van der Waals surface area (Å²) < 4.78 is 5.92. The van der Waals surface area contributed by atoms with E-state index in [9.17, 15) is 15.0 Å². The smallest absolute Gasteiger partial charge is 0.184 e. The number of aliphatic hydroxyl groups is 2. The zero-order valence-corrected chi connectivity index (χ0v) is 14.5. The largest absolute Gasteiger partial charge is 0.391 e. The lowest BCUT2D eigenvalue weighted by Gasteiger charge is -2.83. The Bertz CT molecular complexity index is 660. The van der Waals surface area contributed by atoms with Gasteiger partial charge in [0.1, 0.15) is 11.7 Å². The van der Waals surface area contributed by atoms with Gasteiger partial charge in [-0.05, 0) is 55.9 Å². The summed E-state index contributed by atoms with van der Waals surface area (Å²) in [5, 5.41) is 22.3. The summed E-state index contributed by atoms with van der Waals surface area (Å²) >= 11 is 0. The fourth-order valence-corrected chi connectivity index (χ4v) is 7.34. The van der Waals surface area contributed by atoms with Gasteiger partial charge in [0.05, 0.1) is 18.2 Å². The maximum Gasteiger partial charge on any atom is 0.184 e. The quantitative estimate of drug-likeness (QED) is 0.778. The molecule has 6 rings (SSSR count). The number of rotatable bonds is 2. The summed E-state index contributed by atoms with van der Waals surface area (Å²) in [6, 6.07) is 0.192. The van der Waals surface area contributed by atoms with Crippen molar-refractivity contribution in [2.24, 2.45) is 23.7 Å². The molecule has 2 heterocycles. The first-order valence-corrected chi connectivity index (χ1v) is 10.1. The van der Waals surface area contributed by atoms with Gasteiger partial charge in [-0.25, -0.2) is 0 Å². The SMILES string of the molecule is O=C1C=CC2CC3N(CC4CCC4)C45CC(O)COC1C2C(C4)C35O. The number of aliphatic hydroxyl groups excluding tert-OH is 1. The van der Waals surface area contributed by atoms with E-state index in [4.69, 9.17) is 4.74 Å². The molecule has 8 atom stereocenters. The predicted octanol–water partition coefficient (Wildman–Crippen LogP) is 0.885. The molecule has 2 N–H and O–H groups in total. The normalized spacial score (nSPS) is 56.8. The van der Waals surface area contributed by atoms with Gasteiger partial charge in [0, 0.05) is 18.5 Å². The fraction of sp³-hybridized carbons (Fsp3) is 0.850. The van der Waals surface area contributed by atoms with Crippen LogP contribution in [0.25, 0.3) is 0 Å². The third-order valence-corrected chi connectivity index (χ3v) is 8.62. The Morgan fingerprint density at radius 2 is 2.16 bits per heavy atom. The number of allylic oxidation sites excluding steroid dienone is 1. The van der Waals surface area contributed by atoms with Crippen molar-refractivity contribution in [3.63, 3.8) is 0 Å². The number of carbonyl (C=O) groups excluding carboxylic acids is 1. The van der Waals surface area contributed by atoms with Crippen molar-refractivity contribution in [1.29, 1.82) is 0 Å². The molecule has 0 aromatic carbocycles. The molecule has 6 aliphatic rings. The van der Waals surface area contributed by atoms with E-state index < -0.39 is 17.8 Å². The molecule has 5 nitrogen and oxygen atoms in total. The Balaban J connectivity index is 1.42. The van der Waals surface area contributed by atoms with E-state index in [1.165, 1.54) is 19.3 Å². The minimum Gasteiger partial charge on any atom is -0.391 e. The van der Waals surface area contributed by atoms with Gasteiger partial charge in [-0.2, -0.15) is 0 Å². The second-order valence-corrected chi connectivity index (χ2v) is 9.48. The molecule has 25 heavy (non-hydrogen) atoms. The molecule has 136 valence electrons. The van der Waals surface area contributed by atoms with E-state index in [1.807, 2.05) is 0 Å². The second-order valence-electron chi connectivity index (χ2n) is 9.48. The van der Waals surface area contributed by atoms with Crippen molar-refractivity contribution in [1.82, 2.24) is 4.90 Å². The highest BCUT2D eigenvalue weighted by Crippen LogP contribution is 2.72. The molecule has 0 amide bonds. The lowest BCUT2D eigenvalue weighted by molar-refractivity contribution is -0.389. The van der Waals surface area contributed by atoms with E-state index in [0.29, 0.717) is 12.3 Å². The molecular weight excluding hydrogens is 318 g/mol. The standard InChI is InChI=1S/C20H27NO4/c22-13-7-19-8-14-17-12(4-5-15(23)18(17)25-10-13)6-16(20(14,19)24)21(19)9-11-2-1-3-11/h4-5,11-14,16-18,22,24H,1-3,6-10H2. The molecular formula is C20H27NO4. The Morgan fingerprint density at radius 1 is 1.32 bits per heavy atom. The molecule has 0 aromatic rings. The Kier molecular flexibility index (Phi) is 2.91. The van der Waals surface area contributed by atoms with Crippen LogP contribution in [0.5, 0.6) is 0 Å². The average Bonchev–Trinajstić information content (AvgIpc) is 2.61. The van der Waals surface area contributed by atoms with Crippen molar-refractivity contribution in [3.8, 4) is 0 Å². The van der Waals surface area contributed by atoms with Crippen LogP contribution in [0.15, 0.2) is 12.2 Å². The molecule has 2 aliphatic heterocycles.